The minimum atomic E-state index is 1.06. The zero-order chi connectivity index (χ0) is 10.9. The van der Waals surface area contributed by atoms with Crippen LogP contribution in [0.1, 0.15) is 25.8 Å². The highest BCUT2D eigenvalue weighted by atomic mass is 14.8. The van der Waals surface area contributed by atoms with Crippen LogP contribution in [-0.2, 0) is 6.42 Å². The minimum absolute atomic E-state index is 1.06. The second-order valence-electron chi connectivity index (χ2n) is 3.86. The average molecular weight is 203 g/mol. The van der Waals surface area contributed by atoms with Gasteiger partial charge in [-0.25, -0.2) is 0 Å². The molecule has 1 heteroatoms. The first kappa shape index (κ1) is 12.0. The van der Waals surface area contributed by atoms with Crippen LogP contribution in [0.25, 0.3) is 0 Å². The Hall–Kier alpha value is -1.08. The normalized spacial score (nSPS) is 11.7. The Morgan fingerprint density at radius 3 is 2.67 bits per heavy atom. The van der Waals surface area contributed by atoms with Gasteiger partial charge in [0, 0.05) is 0 Å². The Morgan fingerprint density at radius 1 is 1.27 bits per heavy atom. The van der Waals surface area contributed by atoms with Gasteiger partial charge in [0.1, 0.15) is 0 Å². The molecule has 1 N–H and O–H groups in total. The molecule has 0 aliphatic heterocycles. The molecule has 1 aromatic carbocycles. The van der Waals surface area contributed by atoms with E-state index in [2.05, 4.69) is 55.6 Å². The summed E-state index contributed by atoms with van der Waals surface area (Å²) >= 11 is 0. The van der Waals surface area contributed by atoms with Crippen LogP contribution < -0.4 is 5.32 Å². The first-order chi connectivity index (χ1) is 7.33. The molecule has 1 nitrogen and oxygen atoms in total. The van der Waals surface area contributed by atoms with Crippen molar-refractivity contribution in [2.24, 2.45) is 0 Å². The predicted octanol–water partition coefficient (Wildman–Crippen LogP) is 3.18. The zero-order valence-corrected chi connectivity index (χ0v) is 9.79. The third-order valence-electron chi connectivity index (χ3n) is 2.39. The Labute approximate surface area is 93.2 Å². The fourth-order valence-electron chi connectivity index (χ4n) is 1.59. The number of benzene rings is 1. The summed E-state index contributed by atoms with van der Waals surface area (Å²) in [6.07, 6.45) is 4.54. The number of nitrogens with one attached hydrogen (secondary N) is 1. The van der Waals surface area contributed by atoms with E-state index in [1.807, 2.05) is 0 Å². The van der Waals surface area contributed by atoms with Crippen molar-refractivity contribution >= 4 is 0 Å². The zero-order valence-electron chi connectivity index (χ0n) is 9.79. The van der Waals surface area contributed by atoms with E-state index < -0.39 is 0 Å². The lowest BCUT2D eigenvalue weighted by molar-refractivity contribution is 0.724. The summed E-state index contributed by atoms with van der Waals surface area (Å²) in [5.41, 5.74) is 2.86. The molecule has 0 heterocycles. The lowest BCUT2D eigenvalue weighted by atomic mass is 10.1. The highest BCUT2D eigenvalue weighted by Crippen LogP contribution is 2.07. The lowest BCUT2D eigenvalue weighted by Gasteiger charge is -2.02. The molecule has 0 bridgehead atoms. The molecule has 0 aromatic heterocycles. The van der Waals surface area contributed by atoms with Crippen LogP contribution in [0.5, 0.6) is 0 Å². The molecule has 0 aliphatic rings. The first-order valence-electron chi connectivity index (χ1n) is 5.73. The van der Waals surface area contributed by atoms with Gasteiger partial charge in [-0.1, -0.05) is 48.9 Å². The van der Waals surface area contributed by atoms with Crippen LogP contribution in [0.4, 0.5) is 0 Å². The van der Waals surface area contributed by atoms with E-state index in [4.69, 9.17) is 0 Å². The summed E-state index contributed by atoms with van der Waals surface area (Å²) in [4.78, 5) is 0. The topological polar surface area (TPSA) is 12.0 Å². The SMILES string of the molecule is CCNCC/C=C(/C)Cc1ccccc1. The number of allylic oxidation sites excluding steroid dienone is 1. The highest BCUT2D eigenvalue weighted by Gasteiger charge is 1.92. The summed E-state index contributed by atoms with van der Waals surface area (Å²) in [6.45, 7) is 6.49. The molecule has 0 aliphatic carbocycles. The van der Waals surface area contributed by atoms with Gasteiger partial charge in [0.25, 0.3) is 0 Å². The van der Waals surface area contributed by atoms with E-state index in [0.29, 0.717) is 0 Å². The van der Waals surface area contributed by atoms with Gasteiger partial charge in [0.15, 0.2) is 0 Å². The molecule has 82 valence electrons. The Kier molecular flexibility index (Phi) is 5.79. The molecule has 0 saturated carbocycles. The highest BCUT2D eigenvalue weighted by molar-refractivity contribution is 5.20. The van der Waals surface area contributed by atoms with Gasteiger partial charge < -0.3 is 5.32 Å². The fraction of sp³-hybridized carbons (Fsp3) is 0.429. The average Bonchev–Trinajstić information content (AvgIpc) is 2.26. The van der Waals surface area contributed by atoms with Crippen molar-refractivity contribution in [1.82, 2.24) is 5.32 Å². The Balaban J connectivity index is 2.32. The summed E-state index contributed by atoms with van der Waals surface area (Å²) in [5.74, 6) is 0. The van der Waals surface area contributed by atoms with Crippen molar-refractivity contribution in [3.8, 4) is 0 Å². The van der Waals surface area contributed by atoms with Crippen molar-refractivity contribution < 1.29 is 0 Å². The van der Waals surface area contributed by atoms with Crippen LogP contribution in [-0.4, -0.2) is 13.1 Å². The molecule has 0 saturated heterocycles. The molecule has 1 aromatic rings. The number of rotatable bonds is 6. The van der Waals surface area contributed by atoms with Crippen LogP contribution in [0, 0.1) is 0 Å². The Bertz CT molecular complexity index is 287. The minimum Gasteiger partial charge on any atom is -0.317 e. The van der Waals surface area contributed by atoms with Crippen molar-refractivity contribution in [1.29, 1.82) is 0 Å². The summed E-state index contributed by atoms with van der Waals surface area (Å²) < 4.78 is 0. The van der Waals surface area contributed by atoms with Gasteiger partial charge in [0.05, 0.1) is 0 Å². The molecular weight excluding hydrogens is 182 g/mol. The number of hydrogen-bond acceptors (Lipinski definition) is 1. The van der Waals surface area contributed by atoms with Crippen molar-refractivity contribution in [3.05, 3.63) is 47.5 Å². The quantitative estimate of drug-likeness (QED) is 0.553. The maximum atomic E-state index is 3.32. The van der Waals surface area contributed by atoms with E-state index in [-0.39, 0.29) is 0 Å². The van der Waals surface area contributed by atoms with Crippen LogP contribution in [0.15, 0.2) is 42.0 Å². The number of hydrogen-bond donors (Lipinski definition) is 1. The third kappa shape index (κ3) is 5.38. The van der Waals surface area contributed by atoms with Gasteiger partial charge in [-0.3, -0.25) is 0 Å². The summed E-state index contributed by atoms with van der Waals surface area (Å²) in [6, 6.07) is 10.6. The molecule has 15 heavy (non-hydrogen) atoms. The molecule has 0 fully saturated rings. The van der Waals surface area contributed by atoms with Crippen LogP contribution in [0.3, 0.4) is 0 Å². The van der Waals surface area contributed by atoms with Crippen molar-refractivity contribution in [3.63, 3.8) is 0 Å². The fourth-order valence-corrected chi connectivity index (χ4v) is 1.59. The standard InChI is InChI=1S/C14H21N/c1-3-15-11-7-8-13(2)12-14-9-5-4-6-10-14/h4-6,8-10,15H,3,7,11-12H2,1-2H3/b13-8-. The summed E-state index contributed by atoms with van der Waals surface area (Å²) in [5, 5.41) is 3.32. The van der Waals surface area contributed by atoms with Crippen LogP contribution in [0.2, 0.25) is 0 Å². The molecule has 0 atom stereocenters. The molecule has 0 unspecified atom stereocenters. The van der Waals surface area contributed by atoms with Gasteiger partial charge >= 0.3 is 0 Å². The van der Waals surface area contributed by atoms with E-state index in [1.165, 1.54) is 11.1 Å². The largest absolute Gasteiger partial charge is 0.317 e. The smallest absolute Gasteiger partial charge is 0.00143 e. The van der Waals surface area contributed by atoms with Gasteiger partial charge in [-0.15, -0.1) is 0 Å². The lowest BCUT2D eigenvalue weighted by Crippen LogP contribution is -2.13. The second kappa shape index (κ2) is 7.24. The third-order valence-corrected chi connectivity index (χ3v) is 2.39. The van der Waals surface area contributed by atoms with Gasteiger partial charge in [0.2, 0.25) is 0 Å². The first-order valence-corrected chi connectivity index (χ1v) is 5.73. The van der Waals surface area contributed by atoms with Crippen LogP contribution >= 0.6 is 0 Å². The summed E-state index contributed by atoms with van der Waals surface area (Å²) in [7, 11) is 0. The molecule has 0 radical (unpaired) electrons. The van der Waals surface area contributed by atoms with E-state index in [0.717, 1.165) is 25.9 Å². The van der Waals surface area contributed by atoms with Crippen molar-refractivity contribution in [2.75, 3.05) is 13.1 Å². The van der Waals surface area contributed by atoms with Gasteiger partial charge in [-0.2, -0.15) is 0 Å². The predicted molar refractivity (Wildman–Crippen MR) is 67.1 cm³/mol. The van der Waals surface area contributed by atoms with Crippen molar-refractivity contribution in [2.45, 2.75) is 26.7 Å². The monoisotopic (exact) mass is 203 g/mol. The van der Waals surface area contributed by atoms with E-state index in [9.17, 15) is 0 Å². The maximum absolute atomic E-state index is 3.32. The maximum Gasteiger partial charge on any atom is -0.00143 e. The molecule has 1 rings (SSSR count). The molecule has 0 amide bonds. The van der Waals surface area contributed by atoms with E-state index in [1.54, 1.807) is 0 Å². The van der Waals surface area contributed by atoms with E-state index >= 15 is 0 Å². The van der Waals surface area contributed by atoms with Gasteiger partial charge in [-0.05, 0) is 38.4 Å². The second-order valence-corrected chi connectivity index (χ2v) is 3.86. The molecule has 0 spiro atoms. The molecular formula is C14H21N. The Morgan fingerprint density at radius 2 is 2.00 bits per heavy atom.